The van der Waals surface area contributed by atoms with Crippen LogP contribution in [0.15, 0.2) is 91.0 Å². The zero-order chi connectivity index (χ0) is 49.3. The van der Waals surface area contributed by atoms with Gasteiger partial charge >= 0.3 is 0 Å². The van der Waals surface area contributed by atoms with Gasteiger partial charge in [0.1, 0.15) is 0 Å². The molecular formula is C67H89N3. The Bertz CT molecular complexity index is 2540. The molecule has 0 saturated carbocycles. The monoisotopic (exact) mass is 936 g/mol. The van der Waals surface area contributed by atoms with Gasteiger partial charge in [0.05, 0.1) is 23.0 Å². The van der Waals surface area contributed by atoms with Crippen LogP contribution in [-0.4, -0.2) is 9.97 Å². The van der Waals surface area contributed by atoms with Gasteiger partial charge in [-0.2, -0.15) is 5.26 Å². The summed E-state index contributed by atoms with van der Waals surface area (Å²) >= 11 is 0. The van der Waals surface area contributed by atoms with E-state index in [4.69, 9.17) is 9.97 Å². The lowest BCUT2D eigenvalue weighted by Gasteiger charge is -2.20. The Hall–Kier alpha value is -5.07. The molecule has 0 aliphatic carbocycles. The highest BCUT2D eigenvalue weighted by Crippen LogP contribution is 2.40. The Balaban J connectivity index is 1.54. The van der Waals surface area contributed by atoms with Crippen molar-refractivity contribution in [3.63, 3.8) is 0 Å². The molecule has 5 aromatic carbocycles. The fraction of sp³-hybridized carbons (Fsp3) is 0.507. The molecule has 0 saturated heterocycles. The standard InChI is InChI=1S/C67H89N3/c1-7-11-15-19-23-27-34-55-46-63(56(45-52(55)6)35-28-24-20-16-12-8-2)65-49-66(70-67(69-65)54-43-41-53(50-68)42-44-54)64-48-57(36-29-25-21-17-13-9-3)62(47-58(64)37-30-26-22-18-14-10-4)61-40-32-38-59-51(5)33-31-39-60(59)61/h31-33,38-49H,7-30,34-37H2,1-6H3. The number of hydrogen-bond donors (Lipinski definition) is 0. The topological polar surface area (TPSA) is 49.6 Å². The van der Waals surface area contributed by atoms with Crippen molar-refractivity contribution in [2.45, 2.75) is 221 Å². The zero-order valence-corrected chi connectivity index (χ0v) is 44.8. The predicted octanol–water partition coefficient (Wildman–Crippen LogP) is 20.4. The Morgan fingerprint density at radius 2 is 0.786 bits per heavy atom. The average molecular weight is 936 g/mol. The van der Waals surface area contributed by atoms with Gasteiger partial charge in [-0.1, -0.05) is 205 Å². The number of hydrogen-bond acceptors (Lipinski definition) is 3. The maximum absolute atomic E-state index is 9.81. The third-order valence-electron chi connectivity index (χ3n) is 15.1. The molecule has 3 heteroatoms. The highest BCUT2D eigenvalue weighted by molar-refractivity contribution is 5.99. The molecular weight excluding hydrogens is 847 g/mol. The van der Waals surface area contributed by atoms with Gasteiger partial charge in [-0.15, -0.1) is 0 Å². The van der Waals surface area contributed by atoms with Crippen LogP contribution in [0.1, 0.15) is 221 Å². The summed E-state index contributed by atoms with van der Waals surface area (Å²) in [5.74, 6) is 0.733. The van der Waals surface area contributed by atoms with E-state index < -0.39 is 0 Å². The summed E-state index contributed by atoms with van der Waals surface area (Å²) in [6.45, 7) is 13.8. The molecule has 6 aromatic rings. The first-order chi connectivity index (χ1) is 34.4. The molecule has 0 bridgehead atoms. The second-order valence-corrected chi connectivity index (χ2v) is 20.8. The quantitative estimate of drug-likeness (QED) is 0.0396. The third kappa shape index (κ3) is 16.0. The van der Waals surface area contributed by atoms with Gasteiger partial charge in [0, 0.05) is 16.7 Å². The SMILES string of the molecule is CCCCCCCCc1cc(-c2cc(-c3cc(CCCCCCCC)c(-c4cccc5c(C)cccc45)cc3CCCCCCCC)nc(-c3ccc(C#N)cc3)n2)c(CCCCCCCC)cc1C. The number of aryl methyl sites for hydroxylation is 6. The summed E-state index contributed by atoms with van der Waals surface area (Å²) in [7, 11) is 0. The van der Waals surface area contributed by atoms with Crippen LogP contribution in [0.5, 0.6) is 0 Å². The maximum atomic E-state index is 9.81. The van der Waals surface area contributed by atoms with Gasteiger partial charge in [-0.25, -0.2) is 9.97 Å². The maximum Gasteiger partial charge on any atom is 0.160 e. The average Bonchev–Trinajstić information content (AvgIpc) is 3.38. The van der Waals surface area contributed by atoms with Crippen LogP contribution in [-0.2, 0) is 25.7 Å². The van der Waals surface area contributed by atoms with E-state index in [9.17, 15) is 5.26 Å². The largest absolute Gasteiger partial charge is 0.228 e. The van der Waals surface area contributed by atoms with Crippen LogP contribution in [0.3, 0.4) is 0 Å². The summed E-state index contributed by atoms with van der Waals surface area (Å²) in [6.07, 6.45) is 34.8. The number of fused-ring (bicyclic) bond motifs is 1. The molecule has 1 aromatic heterocycles. The molecule has 0 aliphatic heterocycles. The lowest BCUT2D eigenvalue weighted by molar-refractivity contribution is 0.605. The number of unbranched alkanes of at least 4 members (excludes halogenated alkanes) is 20. The molecule has 3 nitrogen and oxygen atoms in total. The Kier molecular flexibility index (Phi) is 23.2. The van der Waals surface area contributed by atoms with Gasteiger partial charge in [0.25, 0.3) is 0 Å². The van der Waals surface area contributed by atoms with E-state index in [1.807, 2.05) is 24.3 Å². The second-order valence-electron chi connectivity index (χ2n) is 20.8. The van der Waals surface area contributed by atoms with E-state index in [-0.39, 0.29) is 0 Å². The first-order valence-electron chi connectivity index (χ1n) is 28.6. The molecule has 0 unspecified atom stereocenters. The molecule has 0 amide bonds. The van der Waals surface area contributed by atoms with Crippen LogP contribution in [0.25, 0.3) is 55.8 Å². The lowest BCUT2D eigenvalue weighted by Crippen LogP contribution is -2.04. The van der Waals surface area contributed by atoms with Crippen molar-refractivity contribution in [1.82, 2.24) is 9.97 Å². The van der Waals surface area contributed by atoms with E-state index in [1.54, 1.807) is 0 Å². The molecule has 0 fully saturated rings. The third-order valence-corrected chi connectivity index (χ3v) is 15.1. The number of nitrogens with zero attached hydrogens (tertiary/aromatic N) is 3. The van der Waals surface area contributed by atoms with E-state index in [1.165, 1.54) is 214 Å². The molecule has 6 rings (SSSR count). The fourth-order valence-corrected chi connectivity index (χ4v) is 10.8. The van der Waals surface area contributed by atoms with Crippen molar-refractivity contribution < 1.29 is 0 Å². The molecule has 0 atom stereocenters. The van der Waals surface area contributed by atoms with Gasteiger partial charge in [-0.05, 0) is 163 Å². The normalized spacial score (nSPS) is 11.4. The van der Waals surface area contributed by atoms with Crippen molar-refractivity contribution in [2.24, 2.45) is 0 Å². The summed E-state index contributed by atoms with van der Waals surface area (Å²) in [5, 5.41) is 12.5. The first kappa shape index (κ1) is 54.3. The van der Waals surface area contributed by atoms with Crippen LogP contribution >= 0.6 is 0 Å². The number of rotatable bonds is 32. The first-order valence-corrected chi connectivity index (χ1v) is 28.6. The predicted molar refractivity (Wildman–Crippen MR) is 304 cm³/mol. The summed E-state index contributed by atoms with van der Waals surface area (Å²) < 4.78 is 0. The summed E-state index contributed by atoms with van der Waals surface area (Å²) in [5.41, 5.74) is 17.3. The van der Waals surface area contributed by atoms with Crippen molar-refractivity contribution in [3.05, 3.63) is 130 Å². The van der Waals surface area contributed by atoms with Crippen molar-refractivity contribution in [1.29, 1.82) is 5.26 Å². The van der Waals surface area contributed by atoms with E-state index in [2.05, 4.69) is 114 Å². The van der Waals surface area contributed by atoms with Crippen LogP contribution < -0.4 is 0 Å². The van der Waals surface area contributed by atoms with Crippen molar-refractivity contribution in [3.8, 4) is 51.1 Å². The molecule has 372 valence electrons. The lowest BCUT2D eigenvalue weighted by atomic mass is 9.85. The number of benzene rings is 5. The van der Waals surface area contributed by atoms with E-state index in [0.717, 1.165) is 54.9 Å². The van der Waals surface area contributed by atoms with Crippen LogP contribution in [0.2, 0.25) is 0 Å². The molecule has 1 heterocycles. The van der Waals surface area contributed by atoms with Crippen LogP contribution in [0, 0.1) is 25.2 Å². The minimum Gasteiger partial charge on any atom is -0.228 e. The van der Waals surface area contributed by atoms with Gasteiger partial charge in [-0.3, -0.25) is 0 Å². The van der Waals surface area contributed by atoms with Gasteiger partial charge < -0.3 is 0 Å². The molecule has 0 radical (unpaired) electrons. The fourth-order valence-electron chi connectivity index (χ4n) is 10.8. The van der Waals surface area contributed by atoms with E-state index in [0.29, 0.717) is 5.56 Å². The Morgan fingerprint density at radius 3 is 1.30 bits per heavy atom. The van der Waals surface area contributed by atoms with E-state index >= 15 is 0 Å². The summed E-state index contributed by atoms with van der Waals surface area (Å²) in [6, 6.07) is 36.6. The highest BCUT2D eigenvalue weighted by atomic mass is 14.9. The molecule has 0 N–H and O–H groups in total. The van der Waals surface area contributed by atoms with Crippen LogP contribution in [0.4, 0.5) is 0 Å². The smallest absolute Gasteiger partial charge is 0.160 e. The molecule has 0 spiro atoms. The Labute approximate surface area is 426 Å². The number of aromatic nitrogens is 2. The van der Waals surface area contributed by atoms with Gasteiger partial charge in [0.2, 0.25) is 0 Å². The van der Waals surface area contributed by atoms with Gasteiger partial charge in [0.15, 0.2) is 5.82 Å². The minimum absolute atomic E-state index is 0.652. The molecule has 0 aliphatic rings. The second kappa shape index (κ2) is 30.0. The highest BCUT2D eigenvalue weighted by Gasteiger charge is 2.20. The van der Waals surface area contributed by atoms with Crippen molar-refractivity contribution in [2.75, 3.05) is 0 Å². The number of nitriles is 1. The zero-order valence-electron chi connectivity index (χ0n) is 44.8. The summed E-state index contributed by atoms with van der Waals surface area (Å²) in [4.78, 5) is 11.1. The molecule has 70 heavy (non-hydrogen) atoms. The van der Waals surface area contributed by atoms with Crippen molar-refractivity contribution >= 4 is 10.8 Å². The Morgan fingerprint density at radius 1 is 0.371 bits per heavy atom. The minimum atomic E-state index is 0.652.